The third-order valence-corrected chi connectivity index (χ3v) is 6.64. The summed E-state index contributed by atoms with van der Waals surface area (Å²) in [6.07, 6.45) is 6.11. The first-order valence-electron chi connectivity index (χ1n) is 12.3. The van der Waals surface area contributed by atoms with Crippen LogP contribution in [-0.2, 0) is 11.2 Å². The molecule has 0 radical (unpaired) electrons. The summed E-state index contributed by atoms with van der Waals surface area (Å²) in [7, 11) is 1.72. The van der Waals surface area contributed by atoms with E-state index < -0.39 is 11.4 Å². The molecule has 36 heavy (non-hydrogen) atoms. The number of carbonyl (C=O) groups excluding carboxylic acids is 2. The Kier molecular flexibility index (Phi) is 6.82. The average molecular weight is 495 g/mol. The average Bonchev–Trinajstić information content (AvgIpc) is 3.13. The number of carbonyl (C=O) groups is 2. The zero-order valence-corrected chi connectivity index (χ0v) is 22.1. The van der Waals surface area contributed by atoms with Crippen LogP contribution in [0.2, 0.25) is 0 Å². The lowest BCUT2D eigenvalue weighted by atomic mass is 9.92. The van der Waals surface area contributed by atoms with Crippen LogP contribution < -0.4 is 0 Å². The monoisotopic (exact) mass is 494 g/mol. The van der Waals surface area contributed by atoms with Crippen LogP contribution in [0.4, 0.5) is 9.18 Å². The van der Waals surface area contributed by atoms with Gasteiger partial charge in [-0.05, 0) is 83.2 Å². The number of likely N-dealkylation sites (tertiary alicyclic amines) is 1. The Hall–Kier alpha value is -3.42. The van der Waals surface area contributed by atoms with Crippen LogP contribution in [0.5, 0.6) is 0 Å². The fraction of sp³-hybridized carbons (Fsp3) is 0.464. The summed E-state index contributed by atoms with van der Waals surface area (Å²) in [4.78, 5) is 33.3. The van der Waals surface area contributed by atoms with Crippen LogP contribution in [-0.4, -0.2) is 63.1 Å². The Bertz CT molecular complexity index is 1300. The predicted molar refractivity (Wildman–Crippen MR) is 138 cm³/mol. The number of halogens is 1. The van der Waals surface area contributed by atoms with Crippen LogP contribution in [0.1, 0.15) is 56.1 Å². The molecule has 8 heteroatoms. The van der Waals surface area contributed by atoms with Gasteiger partial charge in [0.1, 0.15) is 11.4 Å². The van der Waals surface area contributed by atoms with Crippen molar-refractivity contribution >= 4 is 22.9 Å². The predicted octanol–water partition coefficient (Wildman–Crippen LogP) is 5.36. The van der Waals surface area contributed by atoms with Crippen LogP contribution in [0.3, 0.4) is 0 Å². The Morgan fingerprint density at radius 1 is 1.22 bits per heavy atom. The van der Waals surface area contributed by atoms with Crippen molar-refractivity contribution < 1.29 is 18.7 Å². The van der Waals surface area contributed by atoms with Crippen molar-refractivity contribution in [2.75, 3.05) is 20.1 Å². The fourth-order valence-corrected chi connectivity index (χ4v) is 4.59. The first kappa shape index (κ1) is 25.7. The van der Waals surface area contributed by atoms with E-state index in [1.54, 1.807) is 29.1 Å². The summed E-state index contributed by atoms with van der Waals surface area (Å²) in [5.41, 5.74) is 3.39. The summed E-state index contributed by atoms with van der Waals surface area (Å²) in [6, 6.07) is 4.30. The van der Waals surface area contributed by atoms with Crippen molar-refractivity contribution in [3.05, 3.63) is 59.3 Å². The maximum atomic E-state index is 14.3. The van der Waals surface area contributed by atoms with Gasteiger partial charge in [0.05, 0.1) is 23.0 Å². The molecule has 1 aromatic carbocycles. The molecule has 1 aliphatic rings. The van der Waals surface area contributed by atoms with Crippen molar-refractivity contribution in [1.82, 2.24) is 19.4 Å². The molecule has 0 atom stereocenters. The SMILES string of the molecule is Cc1cncc2c1c(CC1CN(C(=O)OC(C)(C)C)C1)cn2-c1ccc(F)cc1C(=O)N(C)C(C)C. The number of nitrogens with zero attached hydrogens (tertiary/aromatic N) is 4. The number of aryl methyl sites for hydroxylation is 1. The highest BCUT2D eigenvalue weighted by Crippen LogP contribution is 2.33. The van der Waals surface area contributed by atoms with E-state index in [1.807, 2.05) is 58.5 Å². The molecule has 1 aliphatic heterocycles. The Morgan fingerprint density at radius 3 is 2.56 bits per heavy atom. The highest BCUT2D eigenvalue weighted by Gasteiger charge is 2.34. The molecule has 0 saturated carbocycles. The van der Waals surface area contributed by atoms with Crippen LogP contribution in [0, 0.1) is 18.7 Å². The van der Waals surface area contributed by atoms with Crippen molar-refractivity contribution in [1.29, 1.82) is 0 Å². The molecule has 2 amide bonds. The van der Waals surface area contributed by atoms with E-state index in [4.69, 9.17) is 4.74 Å². The lowest BCUT2D eigenvalue weighted by Gasteiger charge is -2.39. The number of rotatable bonds is 5. The normalized spacial score (nSPS) is 14.3. The quantitative estimate of drug-likeness (QED) is 0.479. The standard InChI is InChI=1S/C28H35FN4O3/c1-17(2)31(7)26(34)22-11-21(29)8-9-23(22)33-16-20(25-18(3)12-30-13-24(25)33)10-19-14-32(15-19)27(35)36-28(4,5)6/h8-9,11-13,16-17,19H,10,14-15H2,1-7H3. The second-order valence-corrected chi connectivity index (χ2v) is 11.0. The van der Waals surface area contributed by atoms with Gasteiger partial charge in [0.25, 0.3) is 5.91 Å². The van der Waals surface area contributed by atoms with Gasteiger partial charge in [-0.3, -0.25) is 9.78 Å². The zero-order chi connectivity index (χ0) is 26.4. The molecular formula is C28H35FN4O3. The number of benzene rings is 1. The molecule has 0 unspecified atom stereocenters. The van der Waals surface area contributed by atoms with Crippen LogP contribution >= 0.6 is 0 Å². The topological polar surface area (TPSA) is 67.7 Å². The van der Waals surface area contributed by atoms with Gasteiger partial charge < -0.3 is 19.1 Å². The molecule has 3 heterocycles. The molecule has 192 valence electrons. The first-order chi connectivity index (χ1) is 16.9. The number of aromatic nitrogens is 2. The Morgan fingerprint density at radius 2 is 1.92 bits per heavy atom. The smallest absolute Gasteiger partial charge is 0.410 e. The summed E-state index contributed by atoms with van der Waals surface area (Å²) in [6.45, 7) is 12.7. The van der Waals surface area contributed by atoms with Crippen LogP contribution in [0.25, 0.3) is 16.6 Å². The molecule has 0 aliphatic carbocycles. The molecule has 2 aromatic heterocycles. The third kappa shape index (κ3) is 5.08. The molecule has 3 aromatic rings. The van der Waals surface area contributed by atoms with E-state index in [9.17, 15) is 14.0 Å². The lowest BCUT2D eigenvalue weighted by molar-refractivity contribution is -0.000847. The van der Waals surface area contributed by atoms with E-state index in [-0.39, 0.29) is 18.0 Å². The summed E-state index contributed by atoms with van der Waals surface area (Å²) in [5.74, 6) is -0.400. The van der Waals surface area contributed by atoms with Crippen molar-refractivity contribution in [3.63, 3.8) is 0 Å². The summed E-state index contributed by atoms with van der Waals surface area (Å²) < 4.78 is 21.7. The third-order valence-electron chi connectivity index (χ3n) is 6.64. The second-order valence-electron chi connectivity index (χ2n) is 11.0. The molecule has 0 spiro atoms. The number of ether oxygens (including phenoxy) is 1. The van der Waals surface area contributed by atoms with Gasteiger partial charge in [0.15, 0.2) is 0 Å². The molecule has 7 nitrogen and oxygen atoms in total. The number of hydrogen-bond acceptors (Lipinski definition) is 4. The number of fused-ring (bicyclic) bond motifs is 1. The van der Waals surface area contributed by atoms with E-state index in [2.05, 4.69) is 4.98 Å². The van der Waals surface area contributed by atoms with Gasteiger partial charge in [0, 0.05) is 44.0 Å². The molecule has 0 bridgehead atoms. The molecular weight excluding hydrogens is 459 g/mol. The maximum Gasteiger partial charge on any atom is 0.410 e. The highest BCUT2D eigenvalue weighted by atomic mass is 19.1. The number of amides is 2. The van der Waals surface area contributed by atoms with Crippen molar-refractivity contribution in [2.45, 2.75) is 59.6 Å². The Labute approximate surface area is 211 Å². The van der Waals surface area contributed by atoms with E-state index in [0.717, 1.165) is 28.5 Å². The Balaban J connectivity index is 1.68. The summed E-state index contributed by atoms with van der Waals surface area (Å²) in [5, 5.41) is 1.07. The maximum absolute atomic E-state index is 14.3. The van der Waals surface area contributed by atoms with Gasteiger partial charge in [-0.1, -0.05) is 0 Å². The van der Waals surface area contributed by atoms with E-state index in [0.29, 0.717) is 30.3 Å². The molecule has 1 saturated heterocycles. The first-order valence-corrected chi connectivity index (χ1v) is 12.3. The zero-order valence-electron chi connectivity index (χ0n) is 22.1. The molecule has 1 fully saturated rings. The minimum atomic E-state index is -0.520. The minimum absolute atomic E-state index is 0.0268. The van der Waals surface area contributed by atoms with Crippen molar-refractivity contribution in [2.24, 2.45) is 5.92 Å². The summed E-state index contributed by atoms with van der Waals surface area (Å²) >= 11 is 0. The lowest BCUT2D eigenvalue weighted by Crippen LogP contribution is -2.52. The van der Waals surface area contributed by atoms with Crippen molar-refractivity contribution in [3.8, 4) is 5.69 Å². The van der Waals surface area contributed by atoms with E-state index in [1.165, 1.54) is 12.1 Å². The number of hydrogen-bond donors (Lipinski definition) is 0. The fourth-order valence-electron chi connectivity index (χ4n) is 4.59. The highest BCUT2D eigenvalue weighted by molar-refractivity contribution is 5.99. The van der Waals surface area contributed by atoms with Gasteiger partial charge in [0.2, 0.25) is 0 Å². The minimum Gasteiger partial charge on any atom is -0.444 e. The van der Waals surface area contributed by atoms with E-state index >= 15 is 0 Å². The molecule has 4 rings (SSSR count). The second kappa shape index (κ2) is 9.56. The largest absolute Gasteiger partial charge is 0.444 e. The van der Waals surface area contributed by atoms with Gasteiger partial charge >= 0.3 is 6.09 Å². The van der Waals surface area contributed by atoms with Gasteiger partial charge in [-0.25, -0.2) is 9.18 Å². The molecule has 0 N–H and O–H groups in total. The van der Waals surface area contributed by atoms with Gasteiger partial charge in [-0.2, -0.15) is 0 Å². The van der Waals surface area contributed by atoms with Gasteiger partial charge in [-0.15, -0.1) is 0 Å². The van der Waals surface area contributed by atoms with Crippen LogP contribution in [0.15, 0.2) is 36.8 Å². The number of pyridine rings is 1.